The molecule has 0 atom stereocenters. The van der Waals surface area contributed by atoms with Crippen molar-refractivity contribution in [3.63, 3.8) is 0 Å². The molecule has 0 N–H and O–H groups in total. The number of aryl methyl sites for hydroxylation is 9. The minimum Gasteiger partial charge on any atom is -0.311 e. The predicted molar refractivity (Wildman–Crippen MR) is 404 cm³/mol. The zero-order valence-corrected chi connectivity index (χ0v) is 57.7. The molecule has 0 aliphatic rings. The van der Waals surface area contributed by atoms with Crippen LogP contribution in [0.5, 0.6) is 0 Å². The van der Waals surface area contributed by atoms with Crippen molar-refractivity contribution in [1.29, 1.82) is 0 Å². The van der Waals surface area contributed by atoms with Gasteiger partial charge in [-0.3, -0.25) is 0 Å². The Labute approximate surface area is 573 Å². The molecule has 0 saturated heterocycles. The summed E-state index contributed by atoms with van der Waals surface area (Å²) in [6.07, 6.45) is 10.9. The molecule has 0 amide bonds. The molecule has 0 aliphatic heterocycles. The van der Waals surface area contributed by atoms with Gasteiger partial charge < -0.3 is 13.7 Å². The normalized spacial score (nSPS) is 11.1. The molecule has 0 aliphatic carbocycles. The fourth-order valence-electron chi connectivity index (χ4n) is 14.2. The van der Waals surface area contributed by atoms with Crippen LogP contribution in [0.25, 0.3) is 118 Å². The first kappa shape index (κ1) is 64.2. The van der Waals surface area contributed by atoms with Gasteiger partial charge in [-0.1, -0.05) is 238 Å². The molecule has 0 fully saturated rings. The van der Waals surface area contributed by atoms with Gasteiger partial charge in [-0.2, -0.15) is 13.7 Å². The van der Waals surface area contributed by atoms with Crippen LogP contribution in [0.2, 0.25) is 0 Å². The van der Waals surface area contributed by atoms with E-state index in [1.165, 1.54) is 157 Å². The van der Waals surface area contributed by atoms with E-state index < -0.39 is 0 Å². The Bertz CT molecular complexity index is 5180. The Balaban J connectivity index is 0.000000135. The third kappa shape index (κ3) is 13.1. The molecule has 0 unspecified atom stereocenters. The van der Waals surface area contributed by atoms with Gasteiger partial charge in [0.05, 0.1) is 16.9 Å². The average Bonchev–Trinajstić information content (AvgIpc) is 1.61. The maximum Gasteiger partial charge on any atom is 0.230 e. The smallest absolute Gasteiger partial charge is 0.230 e. The SMILES string of the molecule is Cc1c(-c2ccc(-c3ccccc3)c[n+]2C)n(-c2c(-c3ccccc3)cccc2-c2ccccc2)c2ccccc12.Cc1cc(C)c(-n2ccc(C)c2-c2cc(-c3ccccc3)cc[n+]2C)c(C)c1.Cc1ccn(-c2ccccc2C(C)C)c1-c1cc(-c2ccccc2)cc[n+]1C. The van der Waals surface area contributed by atoms with Crippen molar-refractivity contribution in [3.05, 3.63) is 349 Å². The lowest BCUT2D eigenvalue weighted by molar-refractivity contribution is -0.660. The van der Waals surface area contributed by atoms with E-state index in [0.717, 1.165) is 0 Å². The molecule has 15 aromatic rings. The first-order valence-electron chi connectivity index (χ1n) is 33.8. The van der Waals surface area contributed by atoms with E-state index in [0.29, 0.717) is 5.92 Å². The van der Waals surface area contributed by atoms with Crippen LogP contribution in [0, 0.1) is 41.5 Å². The summed E-state index contributed by atoms with van der Waals surface area (Å²) in [5.41, 5.74) is 33.5. The van der Waals surface area contributed by atoms with Crippen LogP contribution in [-0.4, -0.2) is 13.7 Å². The van der Waals surface area contributed by atoms with Gasteiger partial charge in [0.15, 0.2) is 18.6 Å². The second kappa shape index (κ2) is 28.2. The summed E-state index contributed by atoms with van der Waals surface area (Å²) in [5.74, 6) is 0.469. The molecule has 6 nitrogen and oxygen atoms in total. The summed E-state index contributed by atoms with van der Waals surface area (Å²) >= 11 is 0. The summed E-state index contributed by atoms with van der Waals surface area (Å²) in [7, 11) is 6.40. The van der Waals surface area contributed by atoms with Gasteiger partial charge >= 0.3 is 0 Å². The number of nitrogens with zero attached hydrogens (tertiary/aromatic N) is 6. The molecule has 476 valence electrons. The van der Waals surface area contributed by atoms with E-state index in [1.54, 1.807) is 0 Å². The Morgan fingerprint density at radius 1 is 0.320 bits per heavy atom. The van der Waals surface area contributed by atoms with Crippen molar-refractivity contribution in [2.24, 2.45) is 21.1 Å². The molecule has 6 aromatic heterocycles. The third-order valence-electron chi connectivity index (χ3n) is 18.9. The largest absolute Gasteiger partial charge is 0.311 e. The van der Waals surface area contributed by atoms with Gasteiger partial charge in [-0.25, -0.2) is 0 Å². The van der Waals surface area contributed by atoms with E-state index in [-0.39, 0.29) is 0 Å². The van der Waals surface area contributed by atoms with Crippen LogP contribution < -0.4 is 13.7 Å². The first-order valence-corrected chi connectivity index (χ1v) is 33.8. The molecule has 0 radical (unpaired) electrons. The highest BCUT2D eigenvalue weighted by molar-refractivity contribution is 5.97. The van der Waals surface area contributed by atoms with E-state index in [1.807, 2.05) is 0 Å². The highest BCUT2D eigenvalue weighted by atomic mass is 15.1. The van der Waals surface area contributed by atoms with Crippen LogP contribution in [-0.2, 0) is 21.1 Å². The van der Waals surface area contributed by atoms with Crippen LogP contribution in [0.15, 0.2) is 310 Å². The summed E-state index contributed by atoms with van der Waals surface area (Å²) < 4.78 is 13.9. The lowest BCUT2D eigenvalue weighted by Crippen LogP contribution is -2.31. The van der Waals surface area contributed by atoms with E-state index in [9.17, 15) is 0 Å². The standard InChI is InChI=1S/C39H31N2.2C26H27N2/c1-28-33-21-12-13-24-36(33)41(38(28)37-26-25-32(27-40(37)2)29-15-6-3-7-16-29)39-34(30-17-8-4-9-18-30)22-14-23-35(39)31-19-10-5-11-20-31;1-18-15-20(3)25(21(4)16-18)28-14-11-19(2)26(28)24-17-23(12-13-27(24)5)22-9-7-6-8-10-22;1-19(2)23-12-8-9-13-24(23)28-17-14-20(3)26(28)25-18-22(15-16-27(25)4)21-10-6-5-7-11-21/h3-27H,1-2H3;6-17H,1-5H3;5-19H,1-4H3/q3*+1. The van der Waals surface area contributed by atoms with Crippen LogP contribution >= 0.6 is 0 Å². The second-order valence-electron chi connectivity index (χ2n) is 26.0. The number of hydrogen-bond donors (Lipinski definition) is 0. The summed E-state index contributed by atoms with van der Waals surface area (Å²) in [6.45, 7) is 17.7. The van der Waals surface area contributed by atoms with Crippen molar-refractivity contribution in [3.8, 4) is 107 Å². The molecule has 15 rings (SSSR count). The molecule has 0 saturated carbocycles. The van der Waals surface area contributed by atoms with Crippen molar-refractivity contribution in [2.75, 3.05) is 0 Å². The molecular weight excluding hydrogens is 1180 g/mol. The monoisotopic (exact) mass is 1260 g/mol. The maximum absolute atomic E-state index is 2.49. The minimum absolute atomic E-state index is 0.469. The Kier molecular flexibility index (Phi) is 18.7. The zero-order valence-electron chi connectivity index (χ0n) is 57.7. The second-order valence-corrected chi connectivity index (χ2v) is 26.0. The van der Waals surface area contributed by atoms with Gasteiger partial charge in [0.2, 0.25) is 17.1 Å². The highest BCUT2D eigenvalue weighted by Gasteiger charge is 2.28. The summed E-state index contributed by atoms with van der Waals surface area (Å²) in [6, 6.07) is 99.8. The minimum atomic E-state index is 0.469. The predicted octanol–water partition coefficient (Wildman–Crippen LogP) is 21.4. The molecule has 0 bridgehead atoms. The average molecular weight is 1260 g/mol. The first-order chi connectivity index (χ1) is 47.2. The van der Waals surface area contributed by atoms with Crippen LogP contribution in [0.3, 0.4) is 0 Å². The topological polar surface area (TPSA) is 26.4 Å². The van der Waals surface area contributed by atoms with Crippen LogP contribution in [0.1, 0.15) is 58.7 Å². The highest BCUT2D eigenvalue weighted by Crippen LogP contribution is 2.43. The lowest BCUT2D eigenvalue weighted by Gasteiger charge is -2.20. The number of benzene rings is 9. The van der Waals surface area contributed by atoms with Crippen molar-refractivity contribution in [1.82, 2.24) is 13.7 Å². The number of fused-ring (bicyclic) bond motifs is 1. The van der Waals surface area contributed by atoms with Crippen molar-refractivity contribution >= 4 is 10.9 Å². The molecule has 0 spiro atoms. The quantitative estimate of drug-likeness (QED) is 0.109. The van der Waals surface area contributed by atoms with Crippen LogP contribution in [0.4, 0.5) is 0 Å². The fraction of sp³-hybridized carbons (Fsp3) is 0.132. The number of hydrogen-bond acceptors (Lipinski definition) is 0. The number of pyridine rings is 3. The lowest BCUT2D eigenvalue weighted by atomic mass is 9.95. The maximum atomic E-state index is 2.49. The van der Waals surface area contributed by atoms with Gasteiger partial charge in [-0.15, -0.1) is 0 Å². The molecule has 6 heterocycles. The Hall–Kier alpha value is -11.5. The number of aromatic nitrogens is 6. The van der Waals surface area contributed by atoms with Gasteiger partial charge in [0.1, 0.15) is 38.2 Å². The molecule has 9 aromatic carbocycles. The van der Waals surface area contributed by atoms with E-state index >= 15 is 0 Å². The van der Waals surface area contributed by atoms with Crippen molar-refractivity contribution < 1.29 is 13.7 Å². The Morgan fingerprint density at radius 3 is 1.27 bits per heavy atom. The number of rotatable bonds is 12. The Morgan fingerprint density at radius 2 is 0.763 bits per heavy atom. The third-order valence-corrected chi connectivity index (χ3v) is 18.9. The summed E-state index contributed by atoms with van der Waals surface area (Å²) in [5, 5.41) is 1.26. The van der Waals surface area contributed by atoms with Gasteiger partial charge in [0, 0.05) is 70.5 Å². The number of para-hydroxylation sites is 3. The molecule has 6 heteroatoms. The molecule has 97 heavy (non-hydrogen) atoms. The summed E-state index contributed by atoms with van der Waals surface area (Å²) in [4.78, 5) is 0. The molecular formula is C91H85N6+3. The van der Waals surface area contributed by atoms with Gasteiger partial charge in [-0.05, 0) is 150 Å². The van der Waals surface area contributed by atoms with E-state index in [4.69, 9.17) is 0 Å². The van der Waals surface area contributed by atoms with Crippen molar-refractivity contribution in [2.45, 2.75) is 61.3 Å². The van der Waals surface area contributed by atoms with Gasteiger partial charge in [0.25, 0.3) is 0 Å². The van der Waals surface area contributed by atoms with E-state index in [2.05, 4.69) is 414 Å². The fourth-order valence-corrected chi connectivity index (χ4v) is 14.2. The zero-order chi connectivity index (χ0) is 67.3.